The average molecular weight is 329 g/mol. The number of Topliss-reactive ketones (excluding diaryl/α,β-unsaturated/α-hetero) is 1. The molecule has 2 atom stereocenters. The summed E-state index contributed by atoms with van der Waals surface area (Å²) in [6.07, 6.45) is 0.410. The Morgan fingerprint density at radius 2 is 1.92 bits per heavy atom. The predicted molar refractivity (Wildman–Crippen MR) is 85.5 cm³/mol. The fourth-order valence-electron chi connectivity index (χ4n) is 3.22. The van der Waals surface area contributed by atoms with Crippen molar-refractivity contribution >= 4 is 23.5 Å². The molecule has 7 heteroatoms. The van der Waals surface area contributed by atoms with Gasteiger partial charge in [0.05, 0.1) is 6.54 Å². The summed E-state index contributed by atoms with van der Waals surface area (Å²) in [6.45, 7) is 1.86. The Morgan fingerprint density at radius 1 is 1.21 bits per heavy atom. The third kappa shape index (κ3) is 2.89. The molecule has 7 nitrogen and oxygen atoms in total. The first-order chi connectivity index (χ1) is 11.4. The Morgan fingerprint density at radius 3 is 2.62 bits per heavy atom. The normalized spacial score (nSPS) is 23.2. The fourth-order valence-corrected chi connectivity index (χ4v) is 3.22. The zero-order valence-electron chi connectivity index (χ0n) is 13.6. The number of rotatable bonds is 3. The Hall–Kier alpha value is -2.70. The van der Waals surface area contributed by atoms with Crippen LogP contribution in [0.25, 0.3) is 0 Å². The number of carbonyl (C=O) groups excluding carboxylic acids is 4. The molecule has 0 aliphatic carbocycles. The summed E-state index contributed by atoms with van der Waals surface area (Å²) in [6, 6.07) is 5.72. The SMILES string of the molecule is CC(=O)c1cccc(C(=O)N[C@H]2C[C@H]3C(=O)N(C)CC(=O)N3C2)c1. The van der Waals surface area contributed by atoms with Gasteiger partial charge in [-0.2, -0.15) is 0 Å². The smallest absolute Gasteiger partial charge is 0.251 e. The minimum absolute atomic E-state index is 0.0800. The number of benzene rings is 1. The Labute approximate surface area is 139 Å². The van der Waals surface area contributed by atoms with Crippen molar-refractivity contribution in [3.8, 4) is 0 Å². The van der Waals surface area contributed by atoms with Gasteiger partial charge in [0.1, 0.15) is 6.04 Å². The molecular weight excluding hydrogens is 310 g/mol. The van der Waals surface area contributed by atoms with E-state index in [0.29, 0.717) is 24.1 Å². The van der Waals surface area contributed by atoms with Crippen molar-refractivity contribution in [2.45, 2.75) is 25.4 Å². The predicted octanol–water partition coefficient (Wildman–Crippen LogP) is 0.0605. The highest BCUT2D eigenvalue weighted by Gasteiger charge is 2.44. The van der Waals surface area contributed by atoms with E-state index >= 15 is 0 Å². The fraction of sp³-hybridized carbons (Fsp3) is 0.412. The molecular formula is C17H19N3O4. The van der Waals surface area contributed by atoms with Crippen molar-refractivity contribution in [3.05, 3.63) is 35.4 Å². The van der Waals surface area contributed by atoms with Crippen LogP contribution in [-0.2, 0) is 9.59 Å². The molecule has 1 aromatic carbocycles. The van der Waals surface area contributed by atoms with E-state index in [1.165, 1.54) is 11.8 Å². The van der Waals surface area contributed by atoms with Crippen LogP contribution in [0.5, 0.6) is 0 Å². The van der Waals surface area contributed by atoms with Crippen LogP contribution in [0, 0.1) is 0 Å². The summed E-state index contributed by atoms with van der Waals surface area (Å²) in [4.78, 5) is 51.0. The van der Waals surface area contributed by atoms with Crippen LogP contribution in [0.4, 0.5) is 0 Å². The summed E-state index contributed by atoms with van der Waals surface area (Å²) in [5, 5.41) is 2.86. The minimum Gasteiger partial charge on any atom is -0.347 e. The van der Waals surface area contributed by atoms with Crippen molar-refractivity contribution < 1.29 is 19.2 Å². The van der Waals surface area contributed by atoms with E-state index in [1.54, 1.807) is 36.2 Å². The maximum Gasteiger partial charge on any atom is 0.251 e. The molecule has 126 valence electrons. The van der Waals surface area contributed by atoms with Crippen LogP contribution >= 0.6 is 0 Å². The Balaban J connectivity index is 1.70. The third-order valence-electron chi connectivity index (χ3n) is 4.52. The maximum absolute atomic E-state index is 12.4. The summed E-state index contributed by atoms with van der Waals surface area (Å²) < 4.78 is 0. The van der Waals surface area contributed by atoms with Gasteiger partial charge in [0.25, 0.3) is 5.91 Å². The Bertz CT molecular complexity index is 730. The van der Waals surface area contributed by atoms with Crippen molar-refractivity contribution in [1.82, 2.24) is 15.1 Å². The maximum atomic E-state index is 12.4. The molecule has 1 aromatic rings. The number of fused-ring (bicyclic) bond motifs is 1. The molecule has 3 rings (SSSR count). The number of hydrogen-bond donors (Lipinski definition) is 1. The zero-order chi connectivity index (χ0) is 17.4. The van der Waals surface area contributed by atoms with E-state index < -0.39 is 6.04 Å². The quantitative estimate of drug-likeness (QED) is 0.795. The second kappa shape index (κ2) is 6.07. The molecule has 2 heterocycles. The number of amides is 3. The van der Waals surface area contributed by atoms with E-state index in [9.17, 15) is 19.2 Å². The number of nitrogens with zero attached hydrogens (tertiary/aromatic N) is 2. The van der Waals surface area contributed by atoms with E-state index in [4.69, 9.17) is 0 Å². The van der Waals surface area contributed by atoms with Gasteiger partial charge in [0, 0.05) is 30.8 Å². The molecule has 0 bridgehead atoms. The van der Waals surface area contributed by atoms with Crippen LogP contribution in [-0.4, -0.2) is 65.5 Å². The standard InChI is InChI=1S/C17H19N3O4/c1-10(21)11-4-3-5-12(6-11)16(23)18-13-7-14-17(24)19(2)9-15(22)20(14)8-13/h3-6,13-14H,7-9H2,1-2H3,(H,18,23)/t13-,14-/m0/s1. The lowest BCUT2D eigenvalue weighted by molar-refractivity contribution is -0.152. The van der Waals surface area contributed by atoms with Crippen LogP contribution < -0.4 is 5.32 Å². The molecule has 0 radical (unpaired) electrons. The summed E-state index contributed by atoms with van der Waals surface area (Å²) >= 11 is 0. The molecule has 0 saturated carbocycles. The second-order valence-corrected chi connectivity index (χ2v) is 6.30. The molecule has 2 aliphatic rings. The van der Waals surface area contributed by atoms with Gasteiger partial charge in [-0.3, -0.25) is 19.2 Å². The highest BCUT2D eigenvalue weighted by Crippen LogP contribution is 2.23. The summed E-state index contributed by atoms with van der Waals surface area (Å²) in [5.41, 5.74) is 0.862. The first-order valence-electron chi connectivity index (χ1n) is 7.83. The van der Waals surface area contributed by atoms with Crippen LogP contribution in [0.3, 0.4) is 0 Å². The summed E-state index contributed by atoms with van der Waals surface area (Å²) in [5.74, 6) is -0.611. The molecule has 0 spiro atoms. The van der Waals surface area contributed by atoms with Gasteiger partial charge in [0.2, 0.25) is 11.8 Å². The first-order valence-corrected chi connectivity index (χ1v) is 7.83. The van der Waals surface area contributed by atoms with Crippen LogP contribution in [0.15, 0.2) is 24.3 Å². The monoisotopic (exact) mass is 329 g/mol. The second-order valence-electron chi connectivity index (χ2n) is 6.30. The summed E-state index contributed by atoms with van der Waals surface area (Å²) in [7, 11) is 1.61. The Kier molecular flexibility index (Phi) is 4.09. The molecule has 0 unspecified atom stereocenters. The molecule has 1 N–H and O–H groups in total. The first kappa shape index (κ1) is 16.2. The number of likely N-dealkylation sites (N-methyl/N-ethyl adjacent to an activating group) is 1. The van der Waals surface area contributed by atoms with Crippen molar-refractivity contribution in [2.24, 2.45) is 0 Å². The van der Waals surface area contributed by atoms with Crippen LogP contribution in [0.2, 0.25) is 0 Å². The van der Waals surface area contributed by atoms with Crippen LogP contribution in [0.1, 0.15) is 34.1 Å². The zero-order valence-corrected chi connectivity index (χ0v) is 13.6. The van der Waals surface area contributed by atoms with Crippen molar-refractivity contribution in [1.29, 1.82) is 0 Å². The number of hydrogen-bond acceptors (Lipinski definition) is 4. The topological polar surface area (TPSA) is 86.8 Å². The number of piperazine rings is 1. The van der Waals surface area contributed by atoms with Crippen molar-refractivity contribution in [3.63, 3.8) is 0 Å². The van der Waals surface area contributed by atoms with Gasteiger partial charge in [-0.15, -0.1) is 0 Å². The lowest BCUT2D eigenvalue weighted by Gasteiger charge is -2.33. The van der Waals surface area contributed by atoms with E-state index in [-0.39, 0.29) is 36.1 Å². The van der Waals surface area contributed by atoms with E-state index in [0.717, 1.165) is 0 Å². The number of carbonyl (C=O) groups is 4. The van der Waals surface area contributed by atoms with Gasteiger partial charge < -0.3 is 15.1 Å². The molecule has 24 heavy (non-hydrogen) atoms. The molecule has 2 saturated heterocycles. The van der Waals surface area contributed by atoms with Gasteiger partial charge in [0.15, 0.2) is 5.78 Å². The lowest BCUT2D eigenvalue weighted by atomic mass is 10.1. The molecule has 0 aromatic heterocycles. The van der Waals surface area contributed by atoms with Crippen molar-refractivity contribution in [2.75, 3.05) is 20.1 Å². The van der Waals surface area contributed by atoms with Gasteiger partial charge >= 0.3 is 0 Å². The molecule has 2 fully saturated rings. The van der Waals surface area contributed by atoms with Gasteiger partial charge in [-0.25, -0.2) is 0 Å². The van der Waals surface area contributed by atoms with Gasteiger partial charge in [-0.05, 0) is 25.5 Å². The largest absolute Gasteiger partial charge is 0.347 e. The van der Waals surface area contributed by atoms with E-state index in [2.05, 4.69) is 5.32 Å². The highest BCUT2D eigenvalue weighted by atomic mass is 16.2. The van der Waals surface area contributed by atoms with E-state index in [1.807, 2.05) is 0 Å². The van der Waals surface area contributed by atoms with Gasteiger partial charge in [-0.1, -0.05) is 12.1 Å². The molecule has 2 aliphatic heterocycles. The highest BCUT2D eigenvalue weighted by molar-refractivity contribution is 6.00. The lowest BCUT2D eigenvalue weighted by Crippen LogP contribution is -2.55. The average Bonchev–Trinajstić information content (AvgIpc) is 2.97. The number of nitrogens with one attached hydrogen (secondary N) is 1. The minimum atomic E-state index is -0.495. The number of ketones is 1. The third-order valence-corrected chi connectivity index (χ3v) is 4.52. The molecule has 3 amide bonds.